The number of carboxylic acids is 1. The van der Waals surface area contributed by atoms with Gasteiger partial charge in [0, 0.05) is 38.5 Å². The van der Waals surface area contributed by atoms with Crippen molar-refractivity contribution >= 4 is 47.3 Å². The van der Waals surface area contributed by atoms with Gasteiger partial charge < -0.3 is 67.6 Å². The number of carbonyl (C=O) groups excluding carboxylic acids is 6. The number of ether oxygens (including phenoxy) is 3. The molecule has 2 rings (SSSR count). The Hall–Kier alpha value is -5.05. The van der Waals surface area contributed by atoms with Crippen LogP contribution in [0.25, 0.3) is 0 Å². The predicted molar refractivity (Wildman–Crippen MR) is 211 cm³/mol. The Morgan fingerprint density at radius 1 is 0.931 bits per heavy atom. The van der Waals surface area contributed by atoms with Gasteiger partial charge in [-0.15, -0.1) is 0 Å². The molecule has 20 heteroatoms. The molecule has 12 N–H and O–H groups in total. The maximum Gasteiger partial charge on any atom is 0.322 e. The number of amides is 6. The number of rotatable bonds is 23. The van der Waals surface area contributed by atoms with E-state index in [-0.39, 0.29) is 92.6 Å². The molecular formula is C38H63N7O13. The largest absolute Gasteiger partial charge is 0.480 e. The van der Waals surface area contributed by atoms with Gasteiger partial charge >= 0.3 is 18.0 Å². The van der Waals surface area contributed by atoms with Crippen LogP contribution >= 0.6 is 0 Å². The number of primary amides is 2. The van der Waals surface area contributed by atoms with Crippen LogP contribution < -0.4 is 42.8 Å². The number of carboxylic acid groups (broad SMARTS) is 1. The number of aliphatic hydroxyl groups is 2. The van der Waals surface area contributed by atoms with Gasteiger partial charge in [0.1, 0.15) is 31.0 Å². The molecule has 5 unspecified atom stereocenters. The Balaban J connectivity index is 0.00000121. The average Bonchev–Trinajstić information content (AvgIpc) is 3.12. The van der Waals surface area contributed by atoms with E-state index in [1.165, 1.54) is 12.1 Å². The number of benzene rings is 1. The standard InChI is InChI=1S/C30H45N5O11.C8H18N2O2/c1-16(2)10-24(37)34-21(6-5-9-32-30(31)43)27(40)35-20-8-7-18(15-44-29(42)17(3)4)11-22(20)45-26-13-19(36)12-23(46-26)28(41)33-14-25(38)39;1-6(2)10-7(8(9)12)4-3-5-11/h7-8,11,16-17,19,21,23,26,36H,5-6,9-10,12-15H2,1-4H3,(H,33,41)(H,34,37)(H,35,40)(H,38,39)(H3,31,32,43);6-7,10-11H,3-5H2,1-2H3,(H2,9,12). The first-order chi connectivity index (χ1) is 27.2. The zero-order chi connectivity index (χ0) is 43.9. The van der Waals surface area contributed by atoms with Crippen molar-refractivity contribution in [2.45, 2.75) is 130 Å². The van der Waals surface area contributed by atoms with Crippen molar-refractivity contribution in [1.29, 1.82) is 0 Å². The number of nitrogens with one attached hydrogen (secondary N) is 5. The molecule has 1 fully saturated rings. The molecule has 1 aliphatic heterocycles. The van der Waals surface area contributed by atoms with E-state index in [2.05, 4.69) is 26.6 Å². The molecular weight excluding hydrogens is 762 g/mol. The van der Waals surface area contributed by atoms with Gasteiger partial charge in [0.15, 0.2) is 0 Å². The van der Waals surface area contributed by atoms with Crippen molar-refractivity contribution in [3.8, 4) is 5.75 Å². The van der Waals surface area contributed by atoms with Crippen LogP contribution in [-0.2, 0) is 44.8 Å². The second-order valence-electron chi connectivity index (χ2n) is 14.8. The van der Waals surface area contributed by atoms with Gasteiger partial charge in [0.05, 0.1) is 23.8 Å². The highest BCUT2D eigenvalue weighted by atomic mass is 16.7. The van der Waals surface area contributed by atoms with E-state index < -0.39 is 60.9 Å². The van der Waals surface area contributed by atoms with E-state index in [9.17, 15) is 38.7 Å². The normalized spacial score (nSPS) is 17.3. The average molecular weight is 826 g/mol. The Morgan fingerprint density at radius 3 is 2.17 bits per heavy atom. The molecule has 1 saturated heterocycles. The summed E-state index contributed by atoms with van der Waals surface area (Å²) in [6, 6.07) is 2.81. The minimum Gasteiger partial charge on any atom is -0.480 e. The Labute approximate surface area is 338 Å². The summed E-state index contributed by atoms with van der Waals surface area (Å²) in [6.45, 7) is 10.5. The predicted octanol–water partition coefficient (Wildman–Crippen LogP) is 0.360. The van der Waals surface area contributed by atoms with Gasteiger partial charge in [0.2, 0.25) is 29.9 Å². The molecule has 0 spiro atoms. The lowest BCUT2D eigenvalue weighted by atomic mass is 10.0. The summed E-state index contributed by atoms with van der Waals surface area (Å²) in [5.74, 6) is -3.98. The number of anilines is 1. The molecule has 1 aromatic rings. The summed E-state index contributed by atoms with van der Waals surface area (Å²) in [4.78, 5) is 83.3. The first kappa shape index (κ1) is 51.0. The number of aliphatic carboxylic acids is 1. The quantitative estimate of drug-likeness (QED) is 0.0527. The SMILES string of the molecule is CC(C)CC(=O)NC(CCCNC(N)=O)C(=O)Nc1ccc(COC(=O)C(C)C)cc1OC1CC(O)CC(C(=O)NCC(=O)O)O1.CC(C)NC(CCCO)C(N)=O. The van der Waals surface area contributed by atoms with Crippen LogP contribution in [0.2, 0.25) is 0 Å². The maximum absolute atomic E-state index is 13.5. The van der Waals surface area contributed by atoms with Crippen LogP contribution in [-0.4, -0.2) is 113 Å². The maximum atomic E-state index is 13.5. The minimum absolute atomic E-state index is 0.0402. The zero-order valence-electron chi connectivity index (χ0n) is 34.2. The molecule has 328 valence electrons. The zero-order valence-corrected chi connectivity index (χ0v) is 34.2. The number of urea groups is 1. The van der Waals surface area contributed by atoms with Gasteiger partial charge in [0.25, 0.3) is 0 Å². The summed E-state index contributed by atoms with van der Waals surface area (Å²) >= 11 is 0. The smallest absolute Gasteiger partial charge is 0.322 e. The summed E-state index contributed by atoms with van der Waals surface area (Å²) in [5, 5.41) is 41.0. The number of esters is 1. The fourth-order valence-corrected chi connectivity index (χ4v) is 5.34. The number of carbonyl (C=O) groups is 7. The summed E-state index contributed by atoms with van der Waals surface area (Å²) in [5.41, 5.74) is 10.9. The van der Waals surface area contributed by atoms with E-state index in [0.29, 0.717) is 24.8 Å². The van der Waals surface area contributed by atoms with Crippen LogP contribution in [0.15, 0.2) is 18.2 Å². The lowest BCUT2D eigenvalue weighted by molar-refractivity contribution is -0.184. The molecule has 1 heterocycles. The topological polar surface area (TPSA) is 320 Å². The van der Waals surface area contributed by atoms with Crippen LogP contribution in [0, 0.1) is 11.8 Å². The van der Waals surface area contributed by atoms with Crippen molar-refractivity contribution in [1.82, 2.24) is 21.3 Å². The minimum atomic E-state index is -1.25. The van der Waals surface area contributed by atoms with Crippen molar-refractivity contribution in [3.05, 3.63) is 23.8 Å². The van der Waals surface area contributed by atoms with Gasteiger partial charge in [-0.2, -0.15) is 0 Å². The van der Waals surface area contributed by atoms with E-state index in [1.807, 2.05) is 27.7 Å². The van der Waals surface area contributed by atoms with Gasteiger partial charge in [-0.3, -0.25) is 28.8 Å². The molecule has 1 aliphatic rings. The van der Waals surface area contributed by atoms with E-state index >= 15 is 0 Å². The Morgan fingerprint density at radius 2 is 1.60 bits per heavy atom. The lowest BCUT2D eigenvalue weighted by Gasteiger charge is -2.32. The van der Waals surface area contributed by atoms with Crippen molar-refractivity contribution in [2.24, 2.45) is 23.3 Å². The number of hydrogen-bond donors (Lipinski definition) is 10. The molecule has 1 aromatic carbocycles. The molecule has 0 aromatic heterocycles. The Kier molecular flexibility index (Phi) is 23.5. The van der Waals surface area contributed by atoms with Gasteiger partial charge in [-0.05, 0) is 49.3 Å². The third kappa shape index (κ3) is 21.5. The van der Waals surface area contributed by atoms with Crippen LogP contribution in [0.5, 0.6) is 5.75 Å². The number of nitrogens with two attached hydrogens (primary N) is 2. The highest BCUT2D eigenvalue weighted by Crippen LogP contribution is 2.31. The Bertz CT molecular complexity index is 1510. The highest BCUT2D eigenvalue weighted by Gasteiger charge is 2.35. The molecule has 20 nitrogen and oxygen atoms in total. The highest BCUT2D eigenvalue weighted by molar-refractivity contribution is 5.98. The third-order valence-corrected chi connectivity index (χ3v) is 8.13. The van der Waals surface area contributed by atoms with Gasteiger partial charge in [-0.1, -0.05) is 47.6 Å². The fourth-order valence-electron chi connectivity index (χ4n) is 5.34. The lowest BCUT2D eigenvalue weighted by Crippen LogP contribution is -2.47. The molecule has 0 radical (unpaired) electrons. The molecule has 0 bridgehead atoms. The second kappa shape index (κ2) is 26.8. The van der Waals surface area contributed by atoms with Crippen LogP contribution in [0.3, 0.4) is 0 Å². The molecule has 6 amide bonds. The van der Waals surface area contributed by atoms with E-state index in [1.54, 1.807) is 19.9 Å². The van der Waals surface area contributed by atoms with Crippen LogP contribution in [0.4, 0.5) is 10.5 Å². The number of hydrogen-bond acceptors (Lipinski definition) is 13. The van der Waals surface area contributed by atoms with E-state index in [0.717, 1.165) is 0 Å². The van der Waals surface area contributed by atoms with Crippen LogP contribution in [0.1, 0.15) is 92.1 Å². The summed E-state index contributed by atoms with van der Waals surface area (Å²) in [7, 11) is 0. The van der Waals surface area contributed by atoms with Crippen molar-refractivity contribution < 1.29 is 63.1 Å². The first-order valence-corrected chi connectivity index (χ1v) is 19.3. The first-order valence-electron chi connectivity index (χ1n) is 19.3. The second-order valence-corrected chi connectivity index (χ2v) is 14.8. The number of aliphatic hydroxyl groups excluding tert-OH is 2. The monoisotopic (exact) mass is 825 g/mol. The molecule has 58 heavy (non-hydrogen) atoms. The summed E-state index contributed by atoms with van der Waals surface area (Å²) < 4.78 is 17.0. The van der Waals surface area contributed by atoms with Crippen molar-refractivity contribution in [2.75, 3.05) is 25.0 Å². The summed E-state index contributed by atoms with van der Waals surface area (Å²) in [6.07, 6.45) is -1.69. The fraction of sp³-hybridized carbons (Fsp3) is 0.658. The molecule has 5 atom stereocenters. The third-order valence-electron chi connectivity index (χ3n) is 8.13. The van der Waals surface area contributed by atoms with Gasteiger partial charge in [-0.25, -0.2) is 4.79 Å². The van der Waals surface area contributed by atoms with Crippen molar-refractivity contribution in [3.63, 3.8) is 0 Å². The van der Waals surface area contributed by atoms with E-state index in [4.69, 9.17) is 35.9 Å². The molecule has 0 aliphatic carbocycles. The molecule has 0 saturated carbocycles.